The van der Waals surface area contributed by atoms with Gasteiger partial charge in [-0.05, 0) is 0 Å². The van der Waals surface area contributed by atoms with Crippen LogP contribution in [0, 0.1) is 10.1 Å². The van der Waals surface area contributed by atoms with Crippen LogP contribution in [0.5, 0.6) is 0 Å². The standard InChI is InChI=1S/C15H18N6O2S.HI/c16-14(18-11-12-3-1-2-4-13(12)21(22)23)19-6-8-20(9-7-19)15-17-5-10-24-15;/h1-5,10H,6-9,11H2,(H2,16,18);1H. The fraction of sp³-hybridized carbons (Fsp3) is 0.333. The quantitative estimate of drug-likeness (QED) is 0.240. The van der Waals surface area contributed by atoms with Crippen molar-refractivity contribution in [2.75, 3.05) is 31.1 Å². The number of aliphatic imine (C=N–C) groups is 1. The Hall–Kier alpha value is -1.95. The van der Waals surface area contributed by atoms with Crippen molar-refractivity contribution < 1.29 is 4.92 Å². The molecule has 0 bridgehead atoms. The number of nitro benzene ring substituents is 1. The minimum absolute atomic E-state index is 0. The molecular weight excluding hydrogens is 455 g/mol. The third-order valence-electron chi connectivity index (χ3n) is 3.89. The van der Waals surface area contributed by atoms with Crippen LogP contribution < -0.4 is 10.6 Å². The lowest BCUT2D eigenvalue weighted by Gasteiger charge is -2.35. The summed E-state index contributed by atoms with van der Waals surface area (Å²) in [5, 5.41) is 14.0. The van der Waals surface area contributed by atoms with Gasteiger partial charge in [-0.25, -0.2) is 9.98 Å². The lowest BCUT2D eigenvalue weighted by atomic mass is 10.2. The number of nitro groups is 1. The summed E-state index contributed by atoms with van der Waals surface area (Å²) in [5.41, 5.74) is 6.69. The van der Waals surface area contributed by atoms with Crippen molar-refractivity contribution in [2.24, 2.45) is 10.7 Å². The molecule has 10 heteroatoms. The van der Waals surface area contributed by atoms with Crippen LogP contribution in [0.2, 0.25) is 0 Å². The first-order chi connectivity index (χ1) is 11.6. The number of aromatic nitrogens is 1. The zero-order valence-electron chi connectivity index (χ0n) is 13.4. The zero-order chi connectivity index (χ0) is 16.9. The number of thiazole rings is 1. The van der Waals surface area contributed by atoms with E-state index in [1.54, 1.807) is 35.7 Å². The third-order valence-corrected chi connectivity index (χ3v) is 4.73. The lowest BCUT2D eigenvalue weighted by molar-refractivity contribution is -0.385. The Bertz CT molecular complexity index is 731. The van der Waals surface area contributed by atoms with E-state index in [0.717, 1.165) is 31.3 Å². The van der Waals surface area contributed by atoms with Crippen molar-refractivity contribution in [3.05, 3.63) is 51.5 Å². The van der Waals surface area contributed by atoms with Crippen LogP contribution in [0.15, 0.2) is 40.8 Å². The molecule has 1 saturated heterocycles. The molecule has 1 aliphatic rings. The van der Waals surface area contributed by atoms with Crippen LogP contribution in [0.3, 0.4) is 0 Å². The molecule has 1 aromatic heterocycles. The molecule has 25 heavy (non-hydrogen) atoms. The Kier molecular flexibility index (Phi) is 6.93. The molecule has 2 N–H and O–H groups in total. The molecule has 0 atom stereocenters. The van der Waals surface area contributed by atoms with E-state index < -0.39 is 4.92 Å². The summed E-state index contributed by atoms with van der Waals surface area (Å²) in [6.07, 6.45) is 1.80. The van der Waals surface area contributed by atoms with Gasteiger partial charge in [0.25, 0.3) is 5.69 Å². The molecule has 8 nitrogen and oxygen atoms in total. The van der Waals surface area contributed by atoms with Crippen molar-refractivity contribution in [2.45, 2.75) is 6.54 Å². The summed E-state index contributed by atoms with van der Waals surface area (Å²) < 4.78 is 0. The average molecular weight is 474 g/mol. The first-order valence-electron chi connectivity index (χ1n) is 7.57. The van der Waals surface area contributed by atoms with Gasteiger partial charge >= 0.3 is 0 Å². The monoisotopic (exact) mass is 474 g/mol. The minimum atomic E-state index is -0.395. The molecular formula is C15H19IN6O2S. The van der Waals surface area contributed by atoms with E-state index in [1.165, 1.54) is 6.07 Å². The van der Waals surface area contributed by atoms with Gasteiger partial charge in [0.15, 0.2) is 11.1 Å². The number of hydrogen-bond donors (Lipinski definition) is 1. The highest BCUT2D eigenvalue weighted by molar-refractivity contribution is 14.0. The summed E-state index contributed by atoms with van der Waals surface area (Å²) in [4.78, 5) is 23.5. The highest BCUT2D eigenvalue weighted by Gasteiger charge is 2.20. The predicted molar refractivity (Wildman–Crippen MR) is 110 cm³/mol. The van der Waals surface area contributed by atoms with E-state index in [4.69, 9.17) is 5.73 Å². The number of nitrogens with zero attached hydrogens (tertiary/aromatic N) is 5. The van der Waals surface area contributed by atoms with Crippen LogP contribution in [0.4, 0.5) is 10.8 Å². The maximum absolute atomic E-state index is 11.0. The second-order valence-corrected chi connectivity index (χ2v) is 6.22. The topological polar surface area (TPSA) is 101 Å². The number of nitrogens with two attached hydrogens (primary N) is 1. The SMILES string of the molecule is I.NC(=NCc1ccccc1[N+](=O)[O-])N1CCN(c2nccs2)CC1. The van der Waals surface area contributed by atoms with E-state index in [9.17, 15) is 10.1 Å². The second-order valence-electron chi connectivity index (χ2n) is 5.35. The van der Waals surface area contributed by atoms with Gasteiger partial charge in [-0.1, -0.05) is 18.2 Å². The molecule has 0 spiro atoms. The maximum atomic E-state index is 11.0. The number of piperazine rings is 1. The fourth-order valence-corrected chi connectivity index (χ4v) is 3.28. The van der Waals surface area contributed by atoms with E-state index in [-0.39, 0.29) is 36.2 Å². The van der Waals surface area contributed by atoms with Gasteiger partial charge in [-0.3, -0.25) is 10.1 Å². The number of rotatable bonds is 4. The molecule has 0 unspecified atom stereocenters. The number of para-hydroxylation sites is 1. The molecule has 2 heterocycles. The van der Waals surface area contributed by atoms with Crippen molar-refractivity contribution in [1.82, 2.24) is 9.88 Å². The van der Waals surface area contributed by atoms with Gasteiger partial charge in [0.1, 0.15) is 0 Å². The number of benzene rings is 1. The largest absolute Gasteiger partial charge is 0.370 e. The summed E-state index contributed by atoms with van der Waals surface area (Å²) in [6, 6.07) is 6.59. The van der Waals surface area contributed by atoms with Crippen LogP contribution in [-0.2, 0) is 6.54 Å². The van der Waals surface area contributed by atoms with Crippen LogP contribution in [0.25, 0.3) is 0 Å². The first kappa shape index (κ1) is 19.4. The Morgan fingerprint density at radius 3 is 2.68 bits per heavy atom. The molecule has 0 saturated carbocycles. The highest BCUT2D eigenvalue weighted by atomic mass is 127. The molecule has 0 aliphatic carbocycles. The van der Waals surface area contributed by atoms with Crippen LogP contribution >= 0.6 is 35.3 Å². The van der Waals surface area contributed by atoms with Crippen molar-refractivity contribution >= 4 is 52.1 Å². The van der Waals surface area contributed by atoms with Gasteiger partial charge in [0.05, 0.1) is 17.0 Å². The van der Waals surface area contributed by atoms with Crippen molar-refractivity contribution in [3.63, 3.8) is 0 Å². The highest BCUT2D eigenvalue weighted by Crippen LogP contribution is 2.20. The van der Waals surface area contributed by atoms with Gasteiger partial charge < -0.3 is 15.5 Å². The van der Waals surface area contributed by atoms with E-state index in [0.29, 0.717) is 11.5 Å². The Labute approximate surface area is 166 Å². The Morgan fingerprint density at radius 2 is 2.04 bits per heavy atom. The van der Waals surface area contributed by atoms with E-state index in [2.05, 4.69) is 14.9 Å². The number of hydrogen-bond acceptors (Lipinski definition) is 6. The van der Waals surface area contributed by atoms with Crippen molar-refractivity contribution in [3.8, 4) is 0 Å². The van der Waals surface area contributed by atoms with Gasteiger partial charge in [-0.15, -0.1) is 35.3 Å². The summed E-state index contributed by atoms with van der Waals surface area (Å²) >= 11 is 1.62. The lowest BCUT2D eigenvalue weighted by Crippen LogP contribution is -2.51. The van der Waals surface area contributed by atoms with Gasteiger partial charge in [0, 0.05) is 43.8 Å². The fourth-order valence-electron chi connectivity index (χ4n) is 2.59. The summed E-state index contributed by atoms with van der Waals surface area (Å²) in [6.45, 7) is 3.37. The molecule has 0 radical (unpaired) electrons. The Balaban J connectivity index is 0.00000225. The molecule has 1 fully saturated rings. The van der Waals surface area contributed by atoms with E-state index in [1.807, 2.05) is 10.3 Å². The third kappa shape index (κ3) is 4.78. The average Bonchev–Trinajstić information content (AvgIpc) is 3.14. The molecule has 3 rings (SSSR count). The molecule has 134 valence electrons. The maximum Gasteiger partial charge on any atom is 0.274 e. The van der Waals surface area contributed by atoms with Crippen molar-refractivity contribution in [1.29, 1.82) is 0 Å². The molecule has 1 aliphatic heterocycles. The molecule has 0 amide bonds. The molecule has 1 aromatic carbocycles. The number of anilines is 1. The molecule has 2 aromatic rings. The number of halogens is 1. The summed E-state index contributed by atoms with van der Waals surface area (Å²) in [5.74, 6) is 0.423. The second kappa shape index (κ2) is 8.94. The van der Waals surface area contributed by atoms with E-state index >= 15 is 0 Å². The summed E-state index contributed by atoms with van der Waals surface area (Å²) in [7, 11) is 0. The predicted octanol–water partition coefficient (Wildman–Crippen LogP) is 2.31. The normalized spacial score (nSPS) is 15.0. The van der Waals surface area contributed by atoms with Crippen LogP contribution in [0.1, 0.15) is 5.56 Å². The van der Waals surface area contributed by atoms with Gasteiger partial charge in [-0.2, -0.15) is 0 Å². The first-order valence-corrected chi connectivity index (χ1v) is 8.44. The zero-order valence-corrected chi connectivity index (χ0v) is 16.6. The Morgan fingerprint density at radius 1 is 1.32 bits per heavy atom. The minimum Gasteiger partial charge on any atom is -0.370 e. The van der Waals surface area contributed by atoms with Gasteiger partial charge in [0.2, 0.25) is 0 Å². The number of guanidine groups is 1. The van der Waals surface area contributed by atoms with Crippen LogP contribution in [-0.4, -0.2) is 46.9 Å². The smallest absolute Gasteiger partial charge is 0.274 e.